The molecule has 5 atom stereocenters. The fraction of sp³-hybridized carbons (Fsp3) is 0.864. The number of aliphatic hydroxyl groups is 1. The van der Waals surface area contributed by atoms with E-state index in [1.807, 2.05) is 6.92 Å². The van der Waals surface area contributed by atoms with Gasteiger partial charge in [-0.2, -0.15) is 0 Å². The molecule has 30 heavy (non-hydrogen) atoms. The monoisotopic (exact) mass is 421 g/mol. The predicted octanol–water partition coefficient (Wildman–Crippen LogP) is 0.719. The van der Waals surface area contributed by atoms with E-state index in [0.717, 1.165) is 25.7 Å². The molecule has 1 saturated carbocycles. The molecule has 3 heterocycles. The lowest BCUT2D eigenvalue weighted by atomic mass is 9.65. The van der Waals surface area contributed by atoms with Crippen molar-refractivity contribution in [1.82, 2.24) is 15.5 Å². The van der Waals surface area contributed by atoms with Crippen LogP contribution in [-0.2, 0) is 19.1 Å². The fourth-order valence-electron chi connectivity index (χ4n) is 6.58. The Hall–Kier alpha value is -1.67. The topological polar surface area (TPSA) is 108 Å². The number of amides is 3. The van der Waals surface area contributed by atoms with Crippen LogP contribution in [0.5, 0.6) is 0 Å². The van der Waals surface area contributed by atoms with E-state index in [2.05, 4.69) is 10.6 Å². The van der Waals surface area contributed by atoms with E-state index in [1.54, 1.807) is 11.9 Å². The largest absolute Gasteiger partial charge is 0.396 e. The first-order valence-corrected chi connectivity index (χ1v) is 11.6. The third-order valence-corrected chi connectivity index (χ3v) is 7.97. The highest BCUT2D eigenvalue weighted by Crippen LogP contribution is 2.64. The SMILES string of the molecule is CC[C@]12CCC3(O1)C(C(=O)NC1CCCCC1)N(CCCO)C(=O)[C@@H]3[C@H]2C(=O)NC. The van der Waals surface area contributed by atoms with Gasteiger partial charge in [-0.25, -0.2) is 0 Å². The van der Waals surface area contributed by atoms with Gasteiger partial charge in [-0.1, -0.05) is 26.2 Å². The van der Waals surface area contributed by atoms with E-state index in [9.17, 15) is 19.5 Å². The standard InChI is InChI=1S/C22H35N3O5/c1-3-21-10-11-22(30-21)16(15(21)18(27)23-2)20(29)25(12-7-13-26)17(22)19(28)24-14-8-5-4-6-9-14/h14-17,26H,3-13H2,1-2H3,(H,23,27)(H,24,28)/t15-,16-,17?,21+,22?/m0/s1. The average Bonchev–Trinajstić information content (AvgIpc) is 3.36. The third kappa shape index (κ3) is 3.06. The molecule has 2 unspecified atom stereocenters. The maximum Gasteiger partial charge on any atom is 0.246 e. The molecule has 3 aliphatic heterocycles. The van der Waals surface area contributed by atoms with Gasteiger partial charge in [0.2, 0.25) is 17.7 Å². The highest BCUT2D eigenvalue weighted by atomic mass is 16.5. The van der Waals surface area contributed by atoms with Gasteiger partial charge in [0.25, 0.3) is 0 Å². The van der Waals surface area contributed by atoms with E-state index in [4.69, 9.17) is 4.74 Å². The molecule has 8 heteroatoms. The van der Waals surface area contributed by atoms with Crippen LogP contribution in [0.15, 0.2) is 0 Å². The molecule has 0 aromatic carbocycles. The Morgan fingerprint density at radius 3 is 2.57 bits per heavy atom. The number of nitrogens with one attached hydrogen (secondary N) is 2. The minimum atomic E-state index is -0.960. The first kappa shape index (κ1) is 21.6. The van der Waals surface area contributed by atoms with Gasteiger partial charge in [0.05, 0.1) is 17.4 Å². The van der Waals surface area contributed by atoms with Gasteiger partial charge in [0.15, 0.2) is 0 Å². The lowest BCUT2D eigenvalue weighted by molar-refractivity contribution is -0.148. The Kier molecular flexibility index (Phi) is 5.83. The number of ether oxygens (including phenoxy) is 1. The average molecular weight is 422 g/mol. The second-order valence-corrected chi connectivity index (χ2v) is 9.40. The zero-order valence-electron chi connectivity index (χ0n) is 18.1. The number of carbonyl (C=O) groups is 3. The zero-order valence-corrected chi connectivity index (χ0v) is 18.1. The van der Waals surface area contributed by atoms with Gasteiger partial charge in [0, 0.05) is 26.2 Å². The molecule has 168 valence electrons. The summed E-state index contributed by atoms with van der Waals surface area (Å²) in [4.78, 5) is 41.6. The summed E-state index contributed by atoms with van der Waals surface area (Å²) < 4.78 is 6.61. The molecule has 4 fully saturated rings. The molecule has 4 aliphatic rings. The smallest absolute Gasteiger partial charge is 0.246 e. The van der Waals surface area contributed by atoms with Crippen molar-refractivity contribution in [3.05, 3.63) is 0 Å². The van der Waals surface area contributed by atoms with Gasteiger partial charge in [-0.05, 0) is 38.5 Å². The summed E-state index contributed by atoms with van der Waals surface area (Å²) in [5, 5.41) is 15.3. The lowest BCUT2D eigenvalue weighted by Gasteiger charge is -2.35. The van der Waals surface area contributed by atoms with E-state index in [0.29, 0.717) is 32.2 Å². The van der Waals surface area contributed by atoms with Crippen LogP contribution in [-0.4, -0.2) is 71.2 Å². The Morgan fingerprint density at radius 1 is 1.20 bits per heavy atom. The van der Waals surface area contributed by atoms with Crippen LogP contribution in [0.2, 0.25) is 0 Å². The summed E-state index contributed by atoms with van der Waals surface area (Å²) in [6.45, 7) is 2.22. The number of fused-ring (bicyclic) bond motifs is 1. The molecule has 0 radical (unpaired) electrons. The number of nitrogens with zero attached hydrogens (tertiary/aromatic N) is 1. The van der Waals surface area contributed by atoms with Crippen molar-refractivity contribution in [2.75, 3.05) is 20.2 Å². The molecule has 8 nitrogen and oxygen atoms in total. The van der Waals surface area contributed by atoms with Crippen LogP contribution in [0.1, 0.15) is 64.7 Å². The van der Waals surface area contributed by atoms with Crippen LogP contribution in [0.4, 0.5) is 0 Å². The van der Waals surface area contributed by atoms with E-state index in [-0.39, 0.29) is 30.4 Å². The molecular formula is C22H35N3O5. The van der Waals surface area contributed by atoms with Crippen LogP contribution < -0.4 is 10.6 Å². The van der Waals surface area contributed by atoms with Crippen LogP contribution >= 0.6 is 0 Å². The van der Waals surface area contributed by atoms with Crippen LogP contribution in [0, 0.1) is 11.8 Å². The van der Waals surface area contributed by atoms with Crippen molar-refractivity contribution in [3.8, 4) is 0 Å². The number of aliphatic hydroxyl groups excluding tert-OH is 1. The summed E-state index contributed by atoms with van der Waals surface area (Å²) in [7, 11) is 1.58. The summed E-state index contributed by atoms with van der Waals surface area (Å²) in [6.07, 6.45) is 7.61. The second-order valence-electron chi connectivity index (χ2n) is 9.40. The number of likely N-dealkylation sites (tertiary alicyclic amines) is 1. The first-order valence-electron chi connectivity index (χ1n) is 11.6. The van der Waals surface area contributed by atoms with Gasteiger partial charge in [-0.15, -0.1) is 0 Å². The quantitative estimate of drug-likeness (QED) is 0.561. The molecule has 3 N–H and O–H groups in total. The van der Waals surface area contributed by atoms with Gasteiger partial charge >= 0.3 is 0 Å². The van der Waals surface area contributed by atoms with Crippen molar-refractivity contribution < 1.29 is 24.2 Å². The number of hydrogen-bond donors (Lipinski definition) is 3. The summed E-state index contributed by atoms with van der Waals surface area (Å²) in [5.41, 5.74) is -1.65. The fourth-order valence-corrected chi connectivity index (χ4v) is 6.58. The predicted molar refractivity (Wildman–Crippen MR) is 109 cm³/mol. The Balaban J connectivity index is 1.69. The van der Waals surface area contributed by atoms with Crippen LogP contribution in [0.25, 0.3) is 0 Å². The highest BCUT2D eigenvalue weighted by Gasteiger charge is 2.78. The molecule has 2 bridgehead atoms. The van der Waals surface area contributed by atoms with Crippen molar-refractivity contribution in [2.24, 2.45) is 11.8 Å². The first-order chi connectivity index (χ1) is 14.4. The van der Waals surface area contributed by atoms with Crippen molar-refractivity contribution >= 4 is 17.7 Å². The molecule has 3 amide bonds. The Bertz CT molecular complexity index is 709. The molecule has 3 saturated heterocycles. The maximum absolute atomic E-state index is 13.6. The normalized spacial score (nSPS) is 38.0. The van der Waals surface area contributed by atoms with Gasteiger partial charge < -0.3 is 25.4 Å². The number of rotatable bonds is 7. The molecule has 4 rings (SSSR count). The summed E-state index contributed by atoms with van der Waals surface area (Å²) in [6, 6.07) is -0.614. The Labute approximate surface area is 178 Å². The minimum Gasteiger partial charge on any atom is -0.396 e. The maximum atomic E-state index is 13.6. The summed E-state index contributed by atoms with van der Waals surface area (Å²) in [5.74, 6) is -1.77. The minimum absolute atomic E-state index is 0.0585. The van der Waals surface area contributed by atoms with Crippen molar-refractivity contribution in [1.29, 1.82) is 0 Å². The lowest BCUT2D eigenvalue weighted by Crippen LogP contribution is -2.57. The van der Waals surface area contributed by atoms with E-state index in [1.165, 1.54) is 6.42 Å². The number of carbonyl (C=O) groups excluding carboxylic acids is 3. The van der Waals surface area contributed by atoms with Crippen molar-refractivity contribution in [2.45, 2.75) is 88.0 Å². The number of hydrogen-bond acceptors (Lipinski definition) is 5. The molecule has 0 aromatic heterocycles. The van der Waals surface area contributed by atoms with E-state index >= 15 is 0 Å². The third-order valence-electron chi connectivity index (χ3n) is 7.97. The van der Waals surface area contributed by atoms with Gasteiger partial charge in [-0.3, -0.25) is 14.4 Å². The van der Waals surface area contributed by atoms with Crippen molar-refractivity contribution in [3.63, 3.8) is 0 Å². The van der Waals surface area contributed by atoms with E-state index < -0.39 is 29.1 Å². The second kappa shape index (κ2) is 8.11. The molecule has 1 spiro atoms. The van der Waals surface area contributed by atoms with Crippen LogP contribution in [0.3, 0.4) is 0 Å². The zero-order chi connectivity index (χ0) is 21.5. The van der Waals surface area contributed by atoms with Gasteiger partial charge in [0.1, 0.15) is 11.6 Å². The summed E-state index contributed by atoms with van der Waals surface area (Å²) >= 11 is 0. The molecular weight excluding hydrogens is 386 g/mol. The Morgan fingerprint density at radius 2 is 1.93 bits per heavy atom. The molecule has 0 aromatic rings. The molecule has 1 aliphatic carbocycles. The highest BCUT2D eigenvalue weighted by molar-refractivity contribution is 5.99.